The first-order valence-corrected chi connectivity index (χ1v) is 9.90. The van der Waals surface area contributed by atoms with E-state index in [4.69, 9.17) is 24.9 Å². The summed E-state index contributed by atoms with van der Waals surface area (Å²) in [5.74, 6) is 2.05. The highest BCUT2D eigenvalue weighted by Gasteiger charge is 2.21. The van der Waals surface area contributed by atoms with Gasteiger partial charge in [0.25, 0.3) is 0 Å². The molecule has 0 saturated heterocycles. The number of nitrogens with zero attached hydrogens (tertiary/aromatic N) is 3. The molecule has 6 nitrogen and oxygen atoms in total. The lowest BCUT2D eigenvalue weighted by Gasteiger charge is -2.25. The molecule has 150 valence electrons. The molecule has 0 spiro atoms. The lowest BCUT2D eigenvalue weighted by atomic mass is 10.0. The van der Waals surface area contributed by atoms with E-state index >= 15 is 0 Å². The Morgan fingerprint density at radius 1 is 1.10 bits per heavy atom. The van der Waals surface area contributed by atoms with Gasteiger partial charge in [-0.1, -0.05) is 18.2 Å². The van der Waals surface area contributed by atoms with Gasteiger partial charge in [-0.25, -0.2) is 9.97 Å². The molecule has 1 unspecified atom stereocenters. The van der Waals surface area contributed by atoms with Crippen molar-refractivity contribution < 1.29 is 9.15 Å². The molecule has 6 heteroatoms. The first-order chi connectivity index (χ1) is 14.1. The normalized spacial score (nSPS) is 12.7. The molecule has 2 aromatic carbocycles. The number of aromatic nitrogens is 2. The number of rotatable bonds is 7. The van der Waals surface area contributed by atoms with E-state index in [1.54, 1.807) is 0 Å². The van der Waals surface area contributed by atoms with Gasteiger partial charge in [-0.3, -0.25) is 0 Å². The van der Waals surface area contributed by atoms with Gasteiger partial charge >= 0.3 is 0 Å². The van der Waals surface area contributed by atoms with E-state index < -0.39 is 0 Å². The minimum absolute atomic E-state index is 0.0607. The first kappa shape index (κ1) is 19.4. The molecule has 2 heterocycles. The van der Waals surface area contributed by atoms with E-state index in [1.165, 1.54) is 0 Å². The van der Waals surface area contributed by atoms with Crippen molar-refractivity contribution in [3.63, 3.8) is 0 Å². The Morgan fingerprint density at radius 2 is 1.93 bits per heavy atom. The third kappa shape index (κ3) is 3.81. The van der Waals surface area contributed by atoms with Crippen LogP contribution in [0, 0.1) is 0 Å². The monoisotopic (exact) mass is 390 g/mol. The van der Waals surface area contributed by atoms with Gasteiger partial charge in [-0.05, 0) is 64.3 Å². The van der Waals surface area contributed by atoms with Crippen molar-refractivity contribution in [3.05, 3.63) is 54.2 Å². The number of para-hydroxylation sites is 1. The molecule has 0 bridgehead atoms. The molecule has 2 N–H and O–H groups in total. The van der Waals surface area contributed by atoms with Gasteiger partial charge in [-0.15, -0.1) is 0 Å². The largest absolute Gasteiger partial charge is 0.494 e. The number of ether oxygens (including phenoxy) is 1. The Balaban J connectivity index is 1.93. The molecular formula is C23H26N4O2. The van der Waals surface area contributed by atoms with E-state index in [-0.39, 0.29) is 6.04 Å². The molecule has 0 aliphatic carbocycles. The van der Waals surface area contributed by atoms with Crippen LogP contribution in [0.2, 0.25) is 0 Å². The van der Waals surface area contributed by atoms with Crippen molar-refractivity contribution in [2.24, 2.45) is 5.73 Å². The molecule has 0 aliphatic rings. The van der Waals surface area contributed by atoms with Gasteiger partial charge in [0.05, 0.1) is 23.9 Å². The van der Waals surface area contributed by atoms with Gasteiger partial charge in [0.2, 0.25) is 0 Å². The molecule has 29 heavy (non-hydrogen) atoms. The summed E-state index contributed by atoms with van der Waals surface area (Å²) in [6, 6.07) is 15.9. The van der Waals surface area contributed by atoms with Gasteiger partial charge in [0.1, 0.15) is 11.3 Å². The summed E-state index contributed by atoms with van der Waals surface area (Å²) in [7, 11) is 4.09. The minimum atomic E-state index is 0.0607. The van der Waals surface area contributed by atoms with Gasteiger partial charge < -0.3 is 19.8 Å². The van der Waals surface area contributed by atoms with E-state index in [0.717, 1.165) is 39.7 Å². The third-order valence-corrected chi connectivity index (χ3v) is 5.03. The Morgan fingerprint density at radius 3 is 2.66 bits per heavy atom. The van der Waals surface area contributed by atoms with E-state index in [2.05, 4.69) is 4.90 Å². The average Bonchev–Trinajstić information content (AvgIpc) is 3.16. The van der Waals surface area contributed by atoms with E-state index in [9.17, 15) is 0 Å². The van der Waals surface area contributed by atoms with Crippen LogP contribution in [0.5, 0.6) is 5.75 Å². The topological polar surface area (TPSA) is 77.4 Å². The minimum Gasteiger partial charge on any atom is -0.494 e. The second-order valence-electron chi connectivity index (χ2n) is 7.25. The zero-order chi connectivity index (χ0) is 20.4. The maximum atomic E-state index is 6.03. The Labute approximate surface area is 170 Å². The number of fused-ring (bicyclic) bond motifs is 2. The third-order valence-electron chi connectivity index (χ3n) is 5.03. The fourth-order valence-corrected chi connectivity index (χ4v) is 3.64. The van der Waals surface area contributed by atoms with Crippen molar-refractivity contribution in [1.82, 2.24) is 14.9 Å². The fraction of sp³-hybridized carbons (Fsp3) is 0.304. The lowest BCUT2D eigenvalue weighted by molar-refractivity contribution is 0.283. The number of nitrogens with two attached hydrogens (primary N) is 1. The molecule has 0 amide bonds. The zero-order valence-corrected chi connectivity index (χ0v) is 17.1. The predicted octanol–water partition coefficient (Wildman–Crippen LogP) is 4.39. The zero-order valence-electron chi connectivity index (χ0n) is 17.1. The summed E-state index contributed by atoms with van der Waals surface area (Å²) in [4.78, 5) is 11.9. The maximum Gasteiger partial charge on any atom is 0.196 e. The average molecular weight is 390 g/mol. The summed E-state index contributed by atoms with van der Waals surface area (Å²) < 4.78 is 11.7. The summed E-state index contributed by atoms with van der Waals surface area (Å²) in [5, 5.41) is 2.01. The van der Waals surface area contributed by atoms with Gasteiger partial charge in [0, 0.05) is 10.8 Å². The highest BCUT2D eigenvalue weighted by atomic mass is 16.5. The second kappa shape index (κ2) is 8.19. The Bertz CT molecular complexity index is 1100. The molecule has 0 saturated carbocycles. The molecule has 2 aromatic heterocycles. The Hall–Kier alpha value is -2.96. The van der Waals surface area contributed by atoms with Crippen LogP contribution >= 0.6 is 0 Å². The van der Waals surface area contributed by atoms with Crippen LogP contribution in [-0.2, 0) is 0 Å². The molecule has 4 rings (SSSR count). The van der Waals surface area contributed by atoms with Crippen LogP contribution < -0.4 is 10.5 Å². The van der Waals surface area contributed by atoms with Crippen molar-refractivity contribution >= 4 is 21.9 Å². The maximum absolute atomic E-state index is 6.03. The van der Waals surface area contributed by atoms with E-state index in [1.807, 2.05) is 69.6 Å². The quantitative estimate of drug-likeness (QED) is 0.504. The number of benzene rings is 2. The summed E-state index contributed by atoms with van der Waals surface area (Å²) in [5.41, 5.74) is 8.53. The number of hydrogen-bond acceptors (Lipinski definition) is 6. The summed E-state index contributed by atoms with van der Waals surface area (Å²) in [6.07, 6.45) is 0.789. The molecule has 0 aliphatic heterocycles. The molecule has 1 atom stereocenters. The van der Waals surface area contributed by atoms with Crippen LogP contribution in [0.4, 0.5) is 0 Å². The van der Waals surface area contributed by atoms with Crippen LogP contribution in [-0.4, -0.2) is 42.1 Å². The molecule has 0 radical (unpaired) electrons. The highest BCUT2D eigenvalue weighted by molar-refractivity contribution is 5.86. The fourth-order valence-electron chi connectivity index (χ4n) is 3.64. The molecular weight excluding hydrogens is 364 g/mol. The summed E-state index contributed by atoms with van der Waals surface area (Å²) in [6.45, 7) is 3.15. The van der Waals surface area contributed by atoms with Gasteiger partial charge in [0.15, 0.2) is 11.6 Å². The van der Waals surface area contributed by atoms with Crippen molar-refractivity contribution in [2.75, 3.05) is 27.2 Å². The van der Waals surface area contributed by atoms with Crippen LogP contribution in [0.25, 0.3) is 33.5 Å². The van der Waals surface area contributed by atoms with Gasteiger partial charge in [-0.2, -0.15) is 0 Å². The highest BCUT2D eigenvalue weighted by Crippen LogP contribution is 2.33. The standard InChI is InChI=1S/C23H26N4O2/c1-4-28-16-9-10-18-17(14-16)22(19(11-12-24)27(2)3)26-23(25-18)21-13-15-7-5-6-8-20(15)29-21/h5-10,13-14,19H,4,11-12,24H2,1-3H3. The smallest absolute Gasteiger partial charge is 0.196 e. The molecule has 0 fully saturated rings. The number of hydrogen-bond donors (Lipinski definition) is 1. The second-order valence-corrected chi connectivity index (χ2v) is 7.25. The van der Waals surface area contributed by atoms with Crippen molar-refractivity contribution in [2.45, 2.75) is 19.4 Å². The SMILES string of the molecule is CCOc1ccc2nc(-c3cc4ccccc4o3)nc(C(CCN)N(C)C)c2c1. The predicted molar refractivity (Wildman–Crippen MR) is 116 cm³/mol. The van der Waals surface area contributed by atoms with E-state index in [0.29, 0.717) is 24.7 Å². The lowest BCUT2D eigenvalue weighted by Crippen LogP contribution is -2.24. The molecule has 4 aromatic rings. The van der Waals surface area contributed by atoms with Crippen molar-refractivity contribution in [3.8, 4) is 17.3 Å². The first-order valence-electron chi connectivity index (χ1n) is 9.90. The Kier molecular flexibility index (Phi) is 5.47. The van der Waals surface area contributed by atoms with Crippen LogP contribution in [0.3, 0.4) is 0 Å². The van der Waals surface area contributed by atoms with Crippen LogP contribution in [0.1, 0.15) is 25.1 Å². The number of furan rings is 1. The van der Waals surface area contributed by atoms with Crippen LogP contribution in [0.15, 0.2) is 52.9 Å². The summed E-state index contributed by atoms with van der Waals surface area (Å²) >= 11 is 0. The van der Waals surface area contributed by atoms with Crippen molar-refractivity contribution in [1.29, 1.82) is 0 Å².